The molecule has 3 heteroatoms. The summed E-state index contributed by atoms with van der Waals surface area (Å²) in [7, 11) is 0. The van der Waals surface area contributed by atoms with E-state index in [9.17, 15) is 0 Å². The summed E-state index contributed by atoms with van der Waals surface area (Å²) in [6.45, 7) is 10.3. The first-order valence-corrected chi connectivity index (χ1v) is 8.85. The average Bonchev–Trinajstić information content (AvgIpc) is 2.46. The maximum atomic E-state index is 6.09. The van der Waals surface area contributed by atoms with Gasteiger partial charge in [0.15, 0.2) is 0 Å². The van der Waals surface area contributed by atoms with Crippen molar-refractivity contribution in [3.63, 3.8) is 0 Å². The molecule has 0 spiro atoms. The van der Waals surface area contributed by atoms with Crippen LogP contribution in [0.25, 0.3) is 0 Å². The Morgan fingerprint density at radius 3 is 2.70 bits per heavy atom. The van der Waals surface area contributed by atoms with Crippen LogP contribution in [0.3, 0.4) is 0 Å². The highest BCUT2D eigenvalue weighted by molar-refractivity contribution is 4.75. The number of hydrogen-bond acceptors (Lipinski definition) is 3. The molecule has 3 nitrogen and oxygen atoms in total. The second-order valence-electron chi connectivity index (χ2n) is 6.84. The van der Waals surface area contributed by atoms with Crippen LogP contribution in [0.1, 0.15) is 58.8 Å². The molecule has 1 heterocycles. The molecule has 0 aromatic rings. The van der Waals surface area contributed by atoms with E-state index >= 15 is 0 Å². The van der Waals surface area contributed by atoms with Crippen molar-refractivity contribution in [3.05, 3.63) is 0 Å². The maximum absolute atomic E-state index is 6.09. The van der Waals surface area contributed by atoms with E-state index in [1.807, 2.05) is 0 Å². The Morgan fingerprint density at radius 2 is 1.95 bits per heavy atom. The maximum Gasteiger partial charge on any atom is 0.0597 e. The van der Waals surface area contributed by atoms with Crippen molar-refractivity contribution in [3.8, 4) is 0 Å². The third-order valence-corrected chi connectivity index (χ3v) is 4.92. The van der Waals surface area contributed by atoms with Gasteiger partial charge in [0.25, 0.3) is 0 Å². The number of nitrogens with zero attached hydrogens (tertiary/aromatic N) is 1. The molecule has 2 atom stereocenters. The van der Waals surface area contributed by atoms with Gasteiger partial charge in [-0.25, -0.2) is 0 Å². The Bertz CT molecular complexity index is 253. The quantitative estimate of drug-likeness (QED) is 0.839. The van der Waals surface area contributed by atoms with Crippen LogP contribution in [-0.4, -0.2) is 49.8 Å². The first-order valence-electron chi connectivity index (χ1n) is 8.85. The molecule has 0 radical (unpaired) electrons. The molecule has 1 aliphatic carbocycles. The van der Waals surface area contributed by atoms with E-state index in [0.29, 0.717) is 12.1 Å². The van der Waals surface area contributed by atoms with Crippen molar-refractivity contribution in [2.24, 2.45) is 5.92 Å². The van der Waals surface area contributed by atoms with Crippen LogP contribution in [0.15, 0.2) is 0 Å². The molecule has 0 aromatic carbocycles. The molecule has 1 saturated carbocycles. The summed E-state index contributed by atoms with van der Waals surface area (Å²) in [5.41, 5.74) is 0. The highest BCUT2D eigenvalue weighted by Gasteiger charge is 2.18. The van der Waals surface area contributed by atoms with Gasteiger partial charge in [-0.05, 0) is 44.7 Å². The van der Waals surface area contributed by atoms with Gasteiger partial charge >= 0.3 is 0 Å². The van der Waals surface area contributed by atoms with E-state index in [-0.39, 0.29) is 0 Å². The largest absolute Gasteiger partial charge is 0.377 e. The zero-order valence-electron chi connectivity index (χ0n) is 13.6. The number of hydrogen-bond donors (Lipinski definition) is 1. The Kier molecular flexibility index (Phi) is 7.32. The summed E-state index contributed by atoms with van der Waals surface area (Å²) in [6.07, 6.45) is 9.82. The molecule has 2 fully saturated rings. The van der Waals surface area contributed by atoms with Crippen LogP contribution in [0.4, 0.5) is 0 Å². The van der Waals surface area contributed by atoms with Crippen LogP contribution in [0.2, 0.25) is 0 Å². The lowest BCUT2D eigenvalue weighted by atomic mass is 9.98. The van der Waals surface area contributed by atoms with E-state index in [1.54, 1.807) is 0 Å². The van der Waals surface area contributed by atoms with Gasteiger partial charge < -0.3 is 15.0 Å². The molecule has 1 saturated heterocycles. The summed E-state index contributed by atoms with van der Waals surface area (Å²) >= 11 is 0. The molecule has 2 rings (SSSR count). The molecular formula is C17H34N2O. The number of ether oxygens (including phenoxy) is 1. The molecule has 118 valence electrons. The molecule has 0 bridgehead atoms. The van der Waals surface area contributed by atoms with Crippen molar-refractivity contribution >= 4 is 0 Å². The Hall–Kier alpha value is -0.120. The standard InChI is InChI=1S/C17H34N2O/c1-3-16-9-10-19(14-15(2)13-18-16)11-12-20-17-7-5-4-6-8-17/h15-18H,3-14H2,1-2H3. The fourth-order valence-electron chi connectivity index (χ4n) is 3.54. The SMILES string of the molecule is CCC1CCN(CCOC2CCCCC2)CC(C)CN1. The first-order chi connectivity index (χ1) is 9.78. The highest BCUT2D eigenvalue weighted by Crippen LogP contribution is 2.20. The van der Waals surface area contributed by atoms with Gasteiger partial charge in [0.05, 0.1) is 12.7 Å². The Morgan fingerprint density at radius 1 is 1.15 bits per heavy atom. The summed E-state index contributed by atoms with van der Waals surface area (Å²) < 4.78 is 6.09. The van der Waals surface area contributed by atoms with Gasteiger partial charge in [-0.2, -0.15) is 0 Å². The van der Waals surface area contributed by atoms with Gasteiger partial charge in [0, 0.05) is 19.1 Å². The second kappa shape index (κ2) is 9.01. The van der Waals surface area contributed by atoms with Crippen LogP contribution in [-0.2, 0) is 4.74 Å². The minimum absolute atomic E-state index is 0.556. The van der Waals surface area contributed by atoms with Crippen molar-refractivity contribution < 1.29 is 4.74 Å². The van der Waals surface area contributed by atoms with Crippen LogP contribution in [0.5, 0.6) is 0 Å². The fourth-order valence-corrected chi connectivity index (χ4v) is 3.54. The lowest BCUT2D eigenvalue weighted by Crippen LogP contribution is -2.44. The van der Waals surface area contributed by atoms with Crippen LogP contribution in [0, 0.1) is 5.92 Å². The van der Waals surface area contributed by atoms with Gasteiger partial charge in [-0.1, -0.05) is 33.1 Å². The van der Waals surface area contributed by atoms with E-state index in [2.05, 4.69) is 24.1 Å². The van der Waals surface area contributed by atoms with E-state index in [1.165, 1.54) is 64.6 Å². The van der Waals surface area contributed by atoms with Gasteiger partial charge in [-0.3, -0.25) is 0 Å². The summed E-state index contributed by atoms with van der Waals surface area (Å²) in [6, 6.07) is 0.708. The predicted molar refractivity (Wildman–Crippen MR) is 85.1 cm³/mol. The minimum atomic E-state index is 0.556. The molecule has 2 aliphatic rings. The summed E-state index contributed by atoms with van der Waals surface area (Å²) in [5, 5.41) is 3.69. The monoisotopic (exact) mass is 282 g/mol. The topological polar surface area (TPSA) is 24.5 Å². The van der Waals surface area contributed by atoms with Gasteiger partial charge in [0.1, 0.15) is 0 Å². The molecule has 1 N–H and O–H groups in total. The zero-order valence-corrected chi connectivity index (χ0v) is 13.6. The van der Waals surface area contributed by atoms with Gasteiger partial charge in [0.2, 0.25) is 0 Å². The second-order valence-corrected chi connectivity index (χ2v) is 6.84. The van der Waals surface area contributed by atoms with Crippen molar-refractivity contribution in [2.45, 2.75) is 70.9 Å². The van der Waals surface area contributed by atoms with Crippen molar-refractivity contribution in [1.82, 2.24) is 10.2 Å². The van der Waals surface area contributed by atoms with Crippen molar-refractivity contribution in [2.75, 3.05) is 32.8 Å². The first kappa shape index (κ1) is 16.3. The molecule has 20 heavy (non-hydrogen) atoms. The Labute approximate surface area is 125 Å². The van der Waals surface area contributed by atoms with E-state index in [0.717, 1.165) is 19.1 Å². The minimum Gasteiger partial charge on any atom is -0.377 e. The zero-order chi connectivity index (χ0) is 14.2. The summed E-state index contributed by atoms with van der Waals surface area (Å²) in [5.74, 6) is 0.749. The normalized spacial score (nSPS) is 30.9. The third-order valence-electron chi connectivity index (χ3n) is 4.92. The van der Waals surface area contributed by atoms with Crippen LogP contribution >= 0.6 is 0 Å². The summed E-state index contributed by atoms with van der Waals surface area (Å²) in [4.78, 5) is 2.62. The van der Waals surface area contributed by atoms with Crippen molar-refractivity contribution in [1.29, 1.82) is 0 Å². The Balaban J connectivity index is 1.67. The van der Waals surface area contributed by atoms with Gasteiger partial charge in [-0.15, -0.1) is 0 Å². The predicted octanol–water partition coefficient (Wildman–Crippen LogP) is 3.05. The van der Waals surface area contributed by atoms with E-state index < -0.39 is 0 Å². The number of nitrogens with one attached hydrogen (secondary N) is 1. The van der Waals surface area contributed by atoms with Crippen LogP contribution < -0.4 is 5.32 Å². The average molecular weight is 282 g/mol. The number of rotatable bonds is 5. The molecule has 0 aromatic heterocycles. The van der Waals surface area contributed by atoms with E-state index in [4.69, 9.17) is 4.74 Å². The highest BCUT2D eigenvalue weighted by atomic mass is 16.5. The lowest BCUT2D eigenvalue weighted by Gasteiger charge is -2.32. The smallest absolute Gasteiger partial charge is 0.0597 e. The molecule has 2 unspecified atom stereocenters. The third kappa shape index (κ3) is 5.71. The molecule has 1 aliphatic heterocycles. The fraction of sp³-hybridized carbons (Fsp3) is 1.00. The molecule has 0 amide bonds. The lowest BCUT2D eigenvalue weighted by molar-refractivity contribution is 0.0132. The molecular weight excluding hydrogens is 248 g/mol.